The number of aryl methyl sites for hydroxylation is 1. The number of rotatable bonds is 11. The van der Waals surface area contributed by atoms with Crippen molar-refractivity contribution in [3.8, 4) is 0 Å². The average Bonchev–Trinajstić information content (AvgIpc) is 2.92. The van der Waals surface area contributed by atoms with Crippen LogP contribution in [0.1, 0.15) is 76.8 Å². The molecular formula is C20H31N. The lowest BCUT2D eigenvalue weighted by Gasteiger charge is -2.02. The molecule has 0 amide bonds. The first-order valence-corrected chi connectivity index (χ1v) is 8.97. The molecule has 0 atom stereocenters. The topological polar surface area (TPSA) is 15.8 Å². The van der Waals surface area contributed by atoms with E-state index in [1.807, 2.05) is 0 Å². The fourth-order valence-electron chi connectivity index (χ4n) is 3.14. The van der Waals surface area contributed by atoms with Gasteiger partial charge in [-0.1, -0.05) is 89.0 Å². The molecule has 2 aromatic rings. The Kier molecular flexibility index (Phi) is 7.42. The maximum Gasteiger partial charge on any atom is 0.0226 e. The van der Waals surface area contributed by atoms with Crippen LogP contribution in [0, 0.1) is 0 Å². The van der Waals surface area contributed by atoms with Gasteiger partial charge in [-0.25, -0.2) is 0 Å². The average molecular weight is 285 g/mol. The lowest BCUT2D eigenvalue weighted by molar-refractivity contribution is 0.556. The number of aromatic amines is 1. The highest BCUT2D eigenvalue weighted by atomic mass is 14.7. The summed E-state index contributed by atoms with van der Waals surface area (Å²) in [5, 5.41) is 2.76. The number of unbranched alkanes of at least 4 members (excludes halogenated alkanes) is 9. The number of benzene rings is 1. The van der Waals surface area contributed by atoms with Gasteiger partial charge in [0.2, 0.25) is 0 Å². The lowest BCUT2D eigenvalue weighted by atomic mass is 10.0. The van der Waals surface area contributed by atoms with Crippen LogP contribution in [0.4, 0.5) is 0 Å². The number of H-pyrrole nitrogens is 1. The van der Waals surface area contributed by atoms with E-state index in [0.29, 0.717) is 0 Å². The van der Waals surface area contributed by atoms with Gasteiger partial charge in [-0.05, 0) is 18.2 Å². The van der Waals surface area contributed by atoms with E-state index in [2.05, 4.69) is 42.4 Å². The van der Waals surface area contributed by atoms with Crippen molar-refractivity contribution in [3.05, 3.63) is 36.2 Å². The van der Waals surface area contributed by atoms with Crippen molar-refractivity contribution < 1.29 is 0 Å². The van der Waals surface area contributed by atoms with E-state index in [1.165, 1.54) is 87.1 Å². The molecule has 1 heteroatoms. The molecule has 0 aliphatic carbocycles. The van der Waals surface area contributed by atoms with Crippen molar-refractivity contribution in [2.45, 2.75) is 77.6 Å². The molecule has 1 N–H and O–H groups in total. The lowest BCUT2D eigenvalue weighted by Crippen LogP contribution is -1.87. The second-order valence-corrected chi connectivity index (χ2v) is 6.29. The standard InChI is InChI=1S/C20H31N/c1-2-3-4-5-6-7-8-9-10-11-16-20-19-15-13-12-14-18(19)17-21-20/h12-15,17,21H,2-11,16H2,1H3. The first-order valence-electron chi connectivity index (χ1n) is 8.97. The molecule has 21 heavy (non-hydrogen) atoms. The summed E-state index contributed by atoms with van der Waals surface area (Å²) in [5.74, 6) is 0. The number of fused-ring (bicyclic) bond motifs is 1. The van der Waals surface area contributed by atoms with E-state index >= 15 is 0 Å². The van der Waals surface area contributed by atoms with Crippen LogP contribution in [-0.2, 0) is 6.42 Å². The van der Waals surface area contributed by atoms with E-state index < -0.39 is 0 Å². The maximum atomic E-state index is 3.44. The van der Waals surface area contributed by atoms with Crippen LogP contribution in [0.15, 0.2) is 30.5 Å². The monoisotopic (exact) mass is 285 g/mol. The van der Waals surface area contributed by atoms with Crippen molar-refractivity contribution >= 4 is 10.8 Å². The quantitative estimate of drug-likeness (QED) is 0.446. The van der Waals surface area contributed by atoms with Crippen LogP contribution in [0.25, 0.3) is 10.8 Å². The van der Waals surface area contributed by atoms with Crippen molar-refractivity contribution in [3.63, 3.8) is 0 Å². The summed E-state index contributed by atoms with van der Waals surface area (Å²) < 4.78 is 0. The molecule has 1 heterocycles. The van der Waals surface area contributed by atoms with Gasteiger partial charge in [0.1, 0.15) is 0 Å². The van der Waals surface area contributed by atoms with Gasteiger partial charge < -0.3 is 4.98 Å². The normalized spacial score (nSPS) is 11.3. The van der Waals surface area contributed by atoms with Gasteiger partial charge in [-0.3, -0.25) is 0 Å². The van der Waals surface area contributed by atoms with E-state index in [1.54, 1.807) is 0 Å². The first-order chi connectivity index (χ1) is 10.4. The summed E-state index contributed by atoms with van der Waals surface area (Å²) in [6.45, 7) is 2.29. The molecule has 0 bridgehead atoms. The zero-order valence-corrected chi connectivity index (χ0v) is 13.7. The van der Waals surface area contributed by atoms with Crippen LogP contribution in [0.5, 0.6) is 0 Å². The van der Waals surface area contributed by atoms with Gasteiger partial charge >= 0.3 is 0 Å². The van der Waals surface area contributed by atoms with E-state index in [-0.39, 0.29) is 0 Å². The van der Waals surface area contributed by atoms with Crippen molar-refractivity contribution in [2.24, 2.45) is 0 Å². The Morgan fingerprint density at radius 1 is 0.762 bits per heavy atom. The summed E-state index contributed by atoms with van der Waals surface area (Å²) >= 11 is 0. The van der Waals surface area contributed by atoms with Gasteiger partial charge in [0.05, 0.1) is 0 Å². The molecule has 116 valence electrons. The smallest absolute Gasteiger partial charge is 0.0226 e. The number of hydrogen-bond acceptors (Lipinski definition) is 0. The Balaban J connectivity index is 1.52. The van der Waals surface area contributed by atoms with Crippen LogP contribution in [-0.4, -0.2) is 4.98 Å². The minimum Gasteiger partial charge on any atom is -0.364 e. The molecule has 0 unspecified atom stereocenters. The van der Waals surface area contributed by atoms with Crippen molar-refractivity contribution in [1.82, 2.24) is 4.98 Å². The highest BCUT2D eigenvalue weighted by Crippen LogP contribution is 2.20. The van der Waals surface area contributed by atoms with E-state index in [4.69, 9.17) is 0 Å². The molecule has 0 aliphatic heterocycles. The Labute approximate surface area is 130 Å². The van der Waals surface area contributed by atoms with Gasteiger partial charge in [-0.2, -0.15) is 0 Å². The van der Waals surface area contributed by atoms with Crippen LogP contribution in [0.2, 0.25) is 0 Å². The molecule has 0 spiro atoms. The van der Waals surface area contributed by atoms with Gasteiger partial charge in [-0.15, -0.1) is 0 Å². The minimum atomic E-state index is 1.20. The van der Waals surface area contributed by atoms with Gasteiger partial charge in [0.25, 0.3) is 0 Å². The Hall–Kier alpha value is -1.24. The van der Waals surface area contributed by atoms with Gasteiger partial charge in [0.15, 0.2) is 0 Å². The second kappa shape index (κ2) is 9.65. The molecular weight excluding hydrogens is 254 g/mol. The van der Waals surface area contributed by atoms with Crippen LogP contribution < -0.4 is 0 Å². The largest absolute Gasteiger partial charge is 0.364 e. The highest BCUT2D eigenvalue weighted by molar-refractivity contribution is 5.85. The van der Waals surface area contributed by atoms with Crippen molar-refractivity contribution in [2.75, 3.05) is 0 Å². The fraction of sp³-hybridized carbons (Fsp3) is 0.600. The third kappa shape index (κ3) is 5.57. The molecule has 2 rings (SSSR count). The molecule has 0 saturated carbocycles. The van der Waals surface area contributed by atoms with E-state index in [9.17, 15) is 0 Å². The van der Waals surface area contributed by atoms with Crippen LogP contribution >= 0.6 is 0 Å². The summed E-state index contributed by atoms with van der Waals surface area (Å²) in [7, 11) is 0. The second-order valence-electron chi connectivity index (χ2n) is 6.29. The van der Waals surface area contributed by atoms with Crippen molar-refractivity contribution in [1.29, 1.82) is 0 Å². The Morgan fingerprint density at radius 2 is 1.38 bits per heavy atom. The number of hydrogen-bond donors (Lipinski definition) is 1. The molecule has 0 aliphatic rings. The zero-order valence-electron chi connectivity index (χ0n) is 13.7. The Bertz CT molecular complexity index is 497. The summed E-state index contributed by atoms with van der Waals surface area (Å²) in [4.78, 5) is 3.44. The third-order valence-electron chi connectivity index (χ3n) is 4.47. The summed E-state index contributed by atoms with van der Waals surface area (Å²) in [6.07, 6.45) is 17.4. The fourth-order valence-corrected chi connectivity index (χ4v) is 3.14. The van der Waals surface area contributed by atoms with Gasteiger partial charge in [0, 0.05) is 17.3 Å². The highest BCUT2D eigenvalue weighted by Gasteiger charge is 2.02. The third-order valence-corrected chi connectivity index (χ3v) is 4.47. The van der Waals surface area contributed by atoms with Crippen LogP contribution in [0.3, 0.4) is 0 Å². The first kappa shape index (κ1) is 16.1. The molecule has 1 nitrogen and oxygen atoms in total. The van der Waals surface area contributed by atoms with E-state index in [0.717, 1.165) is 0 Å². The zero-order chi connectivity index (χ0) is 14.8. The number of aromatic nitrogens is 1. The molecule has 1 aromatic carbocycles. The predicted octanol–water partition coefficient (Wildman–Crippen LogP) is 6.63. The SMILES string of the molecule is CCCCCCCCCCCCc1[nH]cc2ccccc12. The number of nitrogens with one attached hydrogen (secondary N) is 1. The molecule has 1 aromatic heterocycles. The summed E-state index contributed by atoms with van der Waals surface area (Å²) in [6, 6.07) is 8.67. The molecule has 0 fully saturated rings. The molecule has 0 radical (unpaired) electrons. The summed E-state index contributed by atoms with van der Waals surface area (Å²) in [5.41, 5.74) is 1.42. The molecule has 0 saturated heterocycles. The maximum absolute atomic E-state index is 3.44. The minimum absolute atomic E-state index is 1.20. The predicted molar refractivity (Wildman–Crippen MR) is 93.8 cm³/mol. The Morgan fingerprint density at radius 3 is 2.10 bits per heavy atom.